The van der Waals surface area contributed by atoms with Crippen LogP contribution in [-0.2, 0) is 11.2 Å². The summed E-state index contributed by atoms with van der Waals surface area (Å²) in [5.74, 6) is -0.186. The largest absolute Gasteiger partial charge is 0.394 e. The molecular formula is C16H21N3O2. The molecule has 0 aliphatic heterocycles. The molecule has 5 N–H and O–H groups in total. The van der Waals surface area contributed by atoms with E-state index in [-0.39, 0.29) is 12.5 Å². The first-order valence-electron chi connectivity index (χ1n) is 7.37. The molecule has 1 aliphatic carbocycles. The number of nitrogens with two attached hydrogens (primary N) is 1. The molecule has 1 fully saturated rings. The SMILES string of the molecule is N[C@@H](Cc1c[nH]c2ccccc12)C(=O)NC1(CO)CCC1. The molecule has 5 heteroatoms. The number of hydrogen-bond acceptors (Lipinski definition) is 3. The lowest BCUT2D eigenvalue weighted by Gasteiger charge is -2.41. The lowest BCUT2D eigenvalue weighted by molar-refractivity contribution is -0.126. The highest BCUT2D eigenvalue weighted by atomic mass is 16.3. The van der Waals surface area contributed by atoms with E-state index in [9.17, 15) is 9.90 Å². The van der Waals surface area contributed by atoms with Crippen LogP contribution in [0.5, 0.6) is 0 Å². The van der Waals surface area contributed by atoms with Crippen LogP contribution in [0, 0.1) is 0 Å². The van der Waals surface area contributed by atoms with Gasteiger partial charge in [0.1, 0.15) is 0 Å². The number of fused-ring (bicyclic) bond motifs is 1. The van der Waals surface area contributed by atoms with E-state index < -0.39 is 11.6 Å². The van der Waals surface area contributed by atoms with Gasteiger partial charge in [0.05, 0.1) is 18.2 Å². The van der Waals surface area contributed by atoms with Gasteiger partial charge in [-0.1, -0.05) is 18.2 Å². The zero-order valence-corrected chi connectivity index (χ0v) is 11.9. The molecule has 1 heterocycles. The van der Waals surface area contributed by atoms with Crippen molar-refractivity contribution in [2.24, 2.45) is 5.73 Å². The van der Waals surface area contributed by atoms with Gasteiger partial charge < -0.3 is 21.1 Å². The summed E-state index contributed by atoms with van der Waals surface area (Å²) < 4.78 is 0. The molecule has 0 spiro atoms. The molecule has 0 unspecified atom stereocenters. The van der Waals surface area contributed by atoms with Gasteiger partial charge in [-0.15, -0.1) is 0 Å². The van der Waals surface area contributed by atoms with Gasteiger partial charge in [0.25, 0.3) is 0 Å². The van der Waals surface area contributed by atoms with Crippen LogP contribution < -0.4 is 11.1 Å². The van der Waals surface area contributed by atoms with Crippen molar-refractivity contribution in [3.05, 3.63) is 36.0 Å². The maximum absolute atomic E-state index is 12.2. The fourth-order valence-electron chi connectivity index (χ4n) is 2.91. The van der Waals surface area contributed by atoms with Gasteiger partial charge >= 0.3 is 0 Å². The third kappa shape index (κ3) is 2.66. The average Bonchev–Trinajstić information content (AvgIpc) is 2.86. The number of benzene rings is 1. The molecule has 5 nitrogen and oxygen atoms in total. The molecule has 3 rings (SSSR count). The Labute approximate surface area is 123 Å². The van der Waals surface area contributed by atoms with Crippen LogP contribution in [0.15, 0.2) is 30.5 Å². The molecule has 0 saturated heterocycles. The summed E-state index contributed by atoms with van der Waals surface area (Å²) in [6.07, 6.45) is 5.09. The maximum atomic E-state index is 12.2. The molecule has 1 aromatic heterocycles. The van der Waals surface area contributed by atoms with Crippen molar-refractivity contribution in [1.29, 1.82) is 0 Å². The van der Waals surface area contributed by atoms with Gasteiger partial charge in [0.15, 0.2) is 0 Å². The minimum Gasteiger partial charge on any atom is -0.394 e. The third-order valence-corrected chi connectivity index (χ3v) is 4.45. The first-order chi connectivity index (χ1) is 10.1. The quantitative estimate of drug-likeness (QED) is 0.663. The molecule has 1 saturated carbocycles. The summed E-state index contributed by atoms with van der Waals surface area (Å²) in [6.45, 7) is -0.0153. The van der Waals surface area contributed by atoms with Crippen LogP contribution in [0.4, 0.5) is 0 Å². The van der Waals surface area contributed by atoms with Crippen LogP contribution in [0.3, 0.4) is 0 Å². The molecule has 1 atom stereocenters. The second-order valence-electron chi connectivity index (χ2n) is 5.95. The van der Waals surface area contributed by atoms with Crippen molar-refractivity contribution in [1.82, 2.24) is 10.3 Å². The fraction of sp³-hybridized carbons (Fsp3) is 0.438. The van der Waals surface area contributed by atoms with Crippen LogP contribution in [0.1, 0.15) is 24.8 Å². The summed E-state index contributed by atoms with van der Waals surface area (Å²) >= 11 is 0. The van der Waals surface area contributed by atoms with Crippen LogP contribution in [0.2, 0.25) is 0 Å². The van der Waals surface area contributed by atoms with Crippen molar-refractivity contribution in [3.8, 4) is 0 Å². The number of carbonyl (C=O) groups is 1. The summed E-state index contributed by atoms with van der Waals surface area (Å²) in [4.78, 5) is 15.4. The number of aliphatic hydroxyl groups is 1. The lowest BCUT2D eigenvalue weighted by Crippen LogP contribution is -2.59. The molecule has 2 aromatic rings. The molecule has 21 heavy (non-hydrogen) atoms. The Bertz CT molecular complexity index is 640. The van der Waals surface area contributed by atoms with E-state index in [1.54, 1.807) is 0 Å². The summed E-state index contributed by atoms with van der Waals surface area (Å²) in [6, 6.07) is 7.36. The maximum Gasteiger partial charge on any atom is 0.237 e. The lowest BCUT2D eigenvalue weighted by atomic mass is 9.77. The number of carbonyl (C=O) groups excluding carboxylic acids is 1. The predicted molar refractivity (Wildman–Crippen MR) is 81.8 cm³/mol. The first kappa shape index (κ1) is 14.1. The average molecular weight is 287 g/mol. The van der Waals surface area contributed by atoms with Gasteiger partial charge in [-0.05, 0) is 37.3 Å². The standard InChI is InChI=1S/C16H21N3O2/c17-13(15(21)19-16(10-20)6-3-7-16)8-11-9-18-14-5-2-1-4-12(11)14/h1-2,4-5,9,13,18,20H,3,6-8,10,17H2,(H,19,21)/t13-/m0/s1. The van der Waals surface area contributed by atoms with Crippen molar-refractivity contribution in [3.63, 3.8) is 0 Å². The Morgan fingerprint density at radius 3 is 2.86 bits per heavy atom. The molecule has 0 bridgehead atoms. The normalized spacial score (nSPS) is 18.2. The van der Waals surface area contributed by atoms with Crippen LogP contribution in [-0.4, -0.2) is 34.2 Å². The topological polar surface area (TPSA) is 91.1 Å². The smallest absolute Gasteiger partial charge is 0.237 e. The van der Waals surface area contributed by atoms with Crippen molar-refractivity contribution in [2.45, 2.75) is 37.3 Å². The van der Waals surface area contributed by atoms with Gasteiger partial charge in [0.2, 0.25) is 5.91 Å². The van der Waals surface area contributed by atoms with E-state index in [1.807, 2.05) is 30.5 Å². The Morgan fingerprint density at radius 1 is 1.43 bits per heavy atom. The fourth-order valence-corrected chi connectivity index (χ4v) is 2.91. The van der Waals surface area contributed by atoms with Crippen molar-refractivity contribution < 1.29 is 9.90 Å². The first-order valence-corrected chi connectivity index (χ1v) is 7.37. The number of nitrogens with one attached hydrogen (secondary N) is 2. The Balaban J connectivity index is 1.68. The number of rotatable bonds is 5. The van der Waals surface area contributed by atoms with Gasteiger partial charge in [-0.2, -0.15) is 0 Å². The number of amides is 1. The van der Waals surface area contributed by atoms with Crippen molar-refractivity contribution in [2.75, 3.05) is 6.61 Å². The second-order valence-corrected chi connectivity index (χ2v) is 5.95. The van der Waals surface area contributed by atoms with Crippen LogP contribution >= 0.6 is 0 Å². The minimum absolute atomic E-state index is 0.0153. The molecule has 0 radical (unpaired) electrons. The summed E-state index contributed by atoms with van der Waals surface area (Å²) in [7, 11) is 0. The minimum atomic E-state index is -0.603. The number of aromatic amines is 1. The summed E-state index contributed by atoms with van der Waals surface area (Å²) in [5.41, 5.74) is 7.69. The van der Waals surface area contributed by atoms with Gasteiger partial charge in [-0.3, -0.25) is 4.79 Å². The van der Waals surface area contributed by atoms with E-state index in [4.69, 9.17) is 5.73 Å². The highest BCUT2D eigenvalue weighted by molar-refractivity contribution is 5.86. The van der Waals surface area contributed by atoms with Crippen molar-refractivity contribution >= 4 is 16.8 Å². The van der Waals surface area contributed by atoms with E-state index in [2.05, 4.69) is 10.3 Å². The highest BCUT2D eigenvalue weighted by Crippen LogP contribution is 2.31. The number of hydrogen-bond donors (Lipinski definition) is 4. The zero-order valence-electron chi connectivity index (χ0n) is 11.9. The second kappa shape index (κ2) is 5.50. The van der Waals surface area contributed by atoms with Gasteiger partial charge in [-0.25, -0.2) is 0 Å². The number of H-pyrrole nitrogens is 1. The zero-order chi connectivity index (χ0) is 14.9. The van der Waals surface area contributed by atoms with E-state index >= 15 is 0 Å². The summed E-state index contributed by atoms with van der Waals surface area (Å²) in [5, 5.41) is 13.4. The molecule has 1 amide bonds. The van der Waals surface area contributed by atoms with Crippen LogP contribution in [0.25, 0.3) is 10.9 Å². The number of aliphatic hydroxyl groups excluding tert-OH is 1. The highest BCUT2D eigenvalue weighted by Gasteiger charge is 2.38. The number of para-hydroxylation sites is 1. The van der Waals surface area contributed by atoms with E-state index in [1.165, 1.54) is 0 Å². The predicted octanol–water partition coefficient (Wildman–Crippen LogP) is 1.07. The van der Waals surface area contributed by atoms with E-state index in [0.29, 0.717) is 6.42 Å². The Hall–Kier alpha value is -1.85. The Morgan fingerprint density at radius 2 is 2.19 bits per heavy atom. The van der Waals surface area contributed by atoms with E-state index in [0.717, 1.165) is 35.7 Å². The Kier molecular flexibility index (Phi) is 3.69. The molecule has 1 aromatic carbocycles. The monoisotopic (exact) mass is 287 g/mol. The van der Waals surface area contributed by atoms with Gasteiger partial charge in [0, 0.05) is 17.1 Å². The molecule has 112 valence electrons. The number of aromatic nitrogens is 1. The molecule has 1 aliphatic rings. The molecular weight excluding hydrogens is 266 g/mol. The third-order valence-electron chi connectivity index (χ3n) is 4.45.